The molecule has 3 aromatic carbocycles. The van der Waals surface area contributed by atoms with Gasteiger partial charge in [-0.3, -0.25) is 0 Å². The second kappa shape index (κ2) is 7.41. The van der Waals surface area contributed by atoms with E-state index in [1.165, 1.54) is 27.5 Å². The molecule has 0 aromatic heterocycles. The van der Waals surface area contributed by atoms with Crippen molar-refractivity contribution in [3.63, 3.8) is 0 Å². The Morgan fingerprint density at radius 1 is 0.690 bits per heavy atom. The van der Waals surface area contributed by atoms with Gasteiger partial charge in [-0.15, -0.1) is 0 Å². The molecule has 0 radical (unpaired) electrons. The van der Waals surface area contributed by atoms with Crippen molar-refractivity contribution in [1.29, 1.82) is 0 Å². The molecule has 29 heavy (non-hydrogen) atoms. The van der Waals surface area contributed by atoms with Crippen molar-refractivity contribution < 1.29 is 0 Å². The lowest BCUT2D eigenvalue weighted by molar-refractivity contribution is 0.705. The zero-order chi connectivity index (χ0) is 20.8. The van der Waals surface area contributed by atoms with Gasteiger partial charge in [0.15, 0.2) is 0 Å². The van der Waals surface area contributed by atoms with Gasteiger partial charge in [0.2, 0.25) is 0 Å². The first-order valence-electron chi connectivity index (χ1n) is 10.7. The minimum atomic E-state index is -0.343. The average molecular weight is 401 g/mol. The maximum atomic E-state index is 2.58. The van der Waals surface area contributed by atoms with Crippen LogP contribution in [-0.4, -0.2) is 10.3 Å². The third-order valence-corrected chi connectivity index (χ3v) is 9.57. The van der Waals surface area contributed by atoms with Crippen molar-refractivity contribution in [2.75, 3.05) is 0 Å². The summed E-state index contributed by atoms with van der Waals surface area (Å²) in [6.45, 7) is 14.6. The minimum Gasteiger partial charge on any atom is -0.0754 e. The Balaban J connectivity index is 2.00. The lowest BCUT2D eigenvalue weighted by atomic mass is 9.81. The molecule has 0 heterocycles. The number of hydrogen-bond acceptors (Lipinski definition) is 0. The molecule has 1 atom stereocenters. The number of allylic oxidation sites excluding steroid dienone is 2. The summed E-state index contributed by atoms with van der Waals surface area (Å²) in [4.78, 5) is 0. The molecule has 150 valence electrons. The van der Waals surface area contributed by atoms with Crippen LogP contribution in [0.2, 0.25) is 0 Å². The van der Waals surface area contributed by atoms with Gasteiger partial charge in [0, 0.05) is 5.92 Å². The van der Waals surface area contributed by atoms with Gasteiger partial charge in [-0.2, -0.15) is 0 Å². The van der Waals surface area contributed by atoms with Crippen molar-refractivity contribution in [1.82, 2.24) is 0 Å². The van der Waals surface area contributed by atoms with Gasteiger partial charge < -0.3 is 0 Å². The molecule has 4 rings (SSSR count). The Labute approximate surface area is 177 Å². The molecule has 3 aromatic rings. The van der Waals surface area contributed by atoms with Crippen LogP contribution in [0.15, 0.2) is 78.1 Å². The van der Waals surface area contributed by atoms with Gasteiger partial charge in [0.25, 0.3) is 0 Å². The zero-order valence-corrected chi connectivity index (χ0v) is 19.6. The summed E-state index contributed by atoms with van der Waals surface area (Å²) in [5.41, 5.74) is 4.44. The molecule has 0 saturated heterocycles. The molecule has 0 saturated carbocycles. The highest BCUT2D eigenvalue weighted by Gasteiger charge is 2.41. The van der Waals surface area contributed by atoms with E-state index in [0.717, 1.165) is 6.42 Å². The highest BCUT2D eigenvalue weighted by atomic mass is 31.1. The van der Waals surface area contributed by atoms with E-state index in [-0.39, 0.29) is 18.2 Å². The largest absolute Gasteiger partial charge is 0.0754 e. The minimum absolute atomic E-state index is 0.258. The molecule has 1 unspecified atom stereocenters. The SMILES string of the molecule is CC(C)(C)P(C1=CCc2ccccc2C1c1cccc2ccccc12)C(C)(C)C. The fraction of sp³-hybridized carbons (Fsp3) is 0.357. The number of rotatable bonds is 2. The summed E-state index contributed by atoms with van der Waals surface area (Å²) >= 11 is 0. The molecular formula is C28H33P. The van der Waals surface area contributed by atoms with Gasteiger partial charge in [-0.25, -0.2) is 0 Å². The van der Waals surface area contributed by atoms with Crippen LogP contribution in [0.3, 0.4) is 0 Å². The third-order valence-electron chi connectivity index (χ3n) is 5.93. The van der Waals surface area contributed by atoms with Gasteiger partial charge in [0.1, 0.15) is 0 Å². The first-order valence-corrected chi connectivity index (χ1v) is 12.1. The molecule has 0 amide bonds. The Kier molecular flexibility index (Phi) is 5.20. The Morgan fingerprint density at radius 2 is 1.28 bits per heavy atom. The first-order chi connectivity index (χ1) is 13.7. The van der Waals surface area contributed by atoms with Crippen LogP contribution in [0.4, 0.5) is 0 Å². The van der Waals surface area contributed by atoms with E-state index in [9.17, 15) is 0 Å². The summed E-state index contributed by atoms with van der Waals surface area (Å²) < 4.78 is 0. The van der Waals surface area contributed by atoms with Gasteiger partial charge in [0.05, 0.1) is 0 Å². The Morgan fingerprint density at radius 3 is 2.00 bits per heavy atom. The smallest absolute Gasteiger partial charge is 0.0350 e. The van der Waals surface area contributed by atoms with Crippen LogP contribution in [0.5, 0.6) is 0 Å². The summed E-state index contributed by atoms with van der Waals surface area (Å²) in [6.07, 6.45) is 3.63. The van der Waals surface area contributed by atoms with Crippen LogP contribution in [-0.2, 0) is 6.42 Å². The fourth-order valence-corrected chi connectivity index (χ4v) is 9.70. The zero-order valence-electron chi connectivity index (χ0n) is 18.7. The van der Waals surface area contributed by atoms with Gasteiger partial charge in [-0.1, -0.05) is 122 Å². The van der Waals surface area contributed by atoms with Crippen LogP contribution in [0, 0.1) is 0 Å². The molecule has 1 heteroatoms. The van der Waals surface area contributed by atoms with E-state index in [4.69, 9.17) is 0 Å². The van der Waals surface area contributed by atoms with Crippen LogP contribution in [0.25, 0.3) is 10.8 Å². The summed E-state index contributed by atoms with van der Waals surface area (Å²) in [5, 5.41) is 4.90. The highest BCUT2D eigenvalue weighted by molar-refractivity contribution is 7.65. The normalized spacial score (nSPS) is 17.3. The molecule has 0 N–H and O–H groups in total. The van der Waals surface area contributed by atoms with Crippen LogP contribution in [0.1, 0.15) is 64.2 Å². The van der Waals surface area contributed by atoms with Crippen molar-refractivity contribution in [2.45, 2.75) is 64.2 Å². The predicted octanol–water partition coefficient (Wildman–Crippen LogP) is 8.49. The van der Waals surface area contributed by atoms with E-state index in [2.05, 4.69) is 114 Å². The monoisotopic (exact) mass is 400 g/mol. The first kappa shape index (κ1) is 20.4. The lowest BCUT2D eigenvalue weighted by Gasteiger charge is -2.47. The van der Waals surface area contributed by atoms with Crippen LogP contribution < -0.4 is 0 Å². The van der Waals surface area contributed by atoms with Crippen LogP contribution >= 0.6 is 7.92 Å². The Bertz CT molecular complexity index is 1040. The fourth-order valence-electron chi connectivity index (χ4n) is 5.32. The second-order valence-electron chi connectivity index (χ2n) is 10.2. The summed E-state index contributed by atoms with van der Waals surface area (Å²) in [6, 6.07) is 24.8. The summed E-state index contributed by atoms with van der Waals surface area (Å²) in [7, 11) is -0.343. The van der Waals surface area contributed by atoms with E-state index >= 15 is 0 Å². The number of benzene rings is 3. The van der Waals surface area contributed by atoms with Gasteiger partial charge in [-0.05, 0) is 49.5 Å². The third kappa shape index (κ3) is 3.80. The molecule has 1 aliphatic carbocycles. The molecule has 0 bridgehead atoms. The standard InChI is InChI=1S/C28H33P/c1-27(2,3)29(28(4,5)6)25-19-18-21-13-8-10-16-23(21)26(25)24-17-11-14-20-12-7-9-15-22(20)24/h7-17,19,26H,18H2,1-6H3. The highest BCUT2D eigenvalue weighted by Crippen LogP contribution is 2.69. The molecule has 1 aliphatic rings. The maximum Gasteiger partial charge on any atom is 0.0350 e. The summed E-state index contributed by atoms with van der Waals surface area (Å²) in [5.74, 6) is 0.343. The Hall–Kier alpha value is -1.91. The van der Waals surface area contributed by atoms with E-state index < -0.39 is 0 Å². The van der Waals surface area contributed by atoms with E-state index in [0.29, 0.717) is 5.92 Å². The van der Waals surface area contributed by atoms with Crippen molar-refractivity contribution in [2.24, 2.45) is 0 Å². The van der Waals surface area contributed by atoms with Crippen molar-refractivity contribution >= 4 is 18.7 Å². The molecular weight excluding hydrogens is 367 g/mol. The molecule has 0 nitrogen and oxygen atoms in total. The van der Waals surface area contributed by atoms with E-state index in [1.54, 1.807) is 5.31 Å². The topological polar surface area (TPSA) is 0 Å². The maximum absolute atomic E-state index is 2.58. The quantitative estimate of drug-likeness (QED) is 0.378. The second-order valence-corrected chi connectivity index (χ2v) is 14.1. The number of hydrogen-bond donors (Lipinski definition) is 0. The average Bonchev–Trinajstić information content (AvgIpc) is 2.65. The molecule has 0 spiro atoms. The lowest BCUT2D eigenvalue weighted by Crippen LogP contribution is -2.28. The molecule has 0 fully saturated rings. The van der Waals surface area contributed by atoms with Gasteiger partial charge >= 0.3 is 0 Å². The van der Waals surface area contributed by atoms with Crippen molar-refractivity contribution in [3.8, 4) is 0 Å². The van der Waals surface area contributed by atoms with E-state index in [1.807, 2.05) is 0 Å². The van der Waals surface area contributed by atoms with Crippen molar-refractivity contribution in [3.05, 3.63) is 94.8 Å². The number of fused-ring (bicyclic) bond motifs is 2. The predicted molar refractivity (Wildman–Crippen MR) is 130 cm³/mol. The molecule has 0 aliphatic heterocycles.